The van der Waals surface area contributed by atoms with Crippen molar-refractivity contribution in [3.05, 3.63) is 23.4 Å². The summed E-state index contributed by atoms with van der Waals surface area (Å²) in [6.45, 7) is 8.50. The fourth-order valence-corrected chi connectivity index (χ4v) is 7.77. The second-order valence-electron chi connectivity index (χ2n) is 12.3. The van der Waals surface area contributed by atoms with Crippen LogP contribution in [0.15, 0.2) is 23.4 Å². The maximum absolute atomic E-state index is 13.1. The molecule has 0 saturated carbocycles. The van der Waals surface area contributed by atoms with Crippen molar-refractivity contribution in [2.45, 2.75) is 75.9 Å². The summed E-state index contributed by atoms with van der Waals surface area (Å²) < 4.78 is 0. The van der Waals surface area contributed by atoms with Crippen LogP contribution in [0.3, 0.4) is 0 Å². The van der Waals surface area contributed by atoms with Crippen molar-refractivity contribution in [1.82, 2.24) is 30.2 Å². The van der Waals surface area contributed by atoms with E-state index in [1.54, 1.807) is 9.80 Å². The molecule has 0 aromatic rings. The highest BCUT2D eigenvalue weighted by Crippen LogP contribution is 2.40. The molecule has 5 aliphatic heterocycles. The van der Waals surface area contributed by atoms with Crippen LogP contribution in [0.1, 0.15) is 57.8 Å². The van der Waals surface area contributed by atoms with Gasteiger partial charge in [0.2, 0.25) is 11.8 Å². The summed E-state index contributed by atoms with van der Waals surface area (Å²) in [7, 11) is 1.84. The zero-order chi connectivity index (χ0) is 26.2. The molecule has 38 heavy (non-hydrogen) atoms. The molecule has 0 spiro atoms. The fraction of sp³-hybridized carbons (Fsp3) is 0.759. The Morgan fingerprint density at radius 2 is 1.61 bits per heavy atom. The Kier molecular flexibility index (Phi) is 7.60. The number of allylic oxidation sites excluding steroid dienone is 2. The smallest absolute Gasteiger partial charge is 0.319 e. The molecule has 4 amide bonds. The number of carbonyl (C=O) groups excluding carboxylic acids is 3. The Bertz CT molecular complexity index is 988. The van der Waals surface area contributed by atoms with Gasteiger partial charge in [0.15, 0.2) is 0 Å². The first kappa shape index (κ1) is 26.0. The molecule has 9 nitrogen and oxygen atoms in total. The van der Waals surface area contributed by atoms with Gasteiger partial charge in [-0.2, -0.15) is 0 Å². The molecule has 5 fully saturated rings. The van der Waals surface area contributed by atoms with Crippen LogP contribution in [0.2, 0.25) is 0 Å². The minimum Gasteiger partial charge on any atom is -0.319 e. The lowest BCUT2D eigenvalue weighted by atomic mass is 9.82. The normalized spacial score (nSPS) is 31.3. The van der Waals surface area contributed by atoms with Gasteiger partial charge in [-0.3, -0.25) is 19.8 Å². The number of amides is 4. The van der Waals surface area contributed by atoms with Gasteiger partial charge >= 0.3 is 6.03 Å². The van der Waals surface area contributed by atoms with Crippen LogP contribution in [-0.2, 0) is 9.59 Å². The van der Waals surface area contributed by atoms with Crippen LogP contribution in [0.5, 0.6) is 0 Å². The average molecular weight is 525 g/mol. The standard InChI is InChI=1S/C29H44N6O3/c1-32-26-18-22(2-3-24(26)35(29(32)38)25-4-5-27(36)31-28(25)37)21-8-16-34(17-9-21)23-10-14-33(15-11-23)19-20-6-12-30-13-7-20/h2-3,20-21,23,25-26,30H,4-19H2,1H3,(H,31,36,37). The quantitative estimate of drug-likeness (QED) is 0.535. The Labute approximate surface area is 226 Å². The third kappa shape index (κ3) is 5.17. The summed E-state index contributed by atoms with van der Waals surface area (Å²) in [4.78, 5) is 46.2. The van der Waals surface area contributed by atoms with E-state index in [2.05, 4.69) is 32.6 Å². The summed E-state index contributed by atoms with van der Waals surface area (Å²) in [5.41, 5.74) is 2.35. The van der Waals surface area contributed by atoms with Crippen molar-refractivity contribution in [2.24, 2.45) is 11.8 Å². The Hall–Kier alpha value is -2.23. The molecule has 5 heterocycles. The number of nitrogens with zero attached hydrogens (tertiary/aromatic N) is 4. The molecule has 0 bridgehead atoms. The minimum absolute atomic E-state index is 0.0183. The van der Waals surface area contributed by atoms with Gasteiger partial charge in [0, 0.05) is 31.8 Å². The zero-order valence-electron chi connectivity index (χ0n) is 22.9. The van der Waals surface area contributed by atoms with Crippen LogP contribution in [0, 0.1) is 11.8 Å². The summed E-state index contributed by atoms with van der Waals surface area (Å²) in [5, 5.41) is 5.89. The highest BCUT2D eigenvalue weighted by molar-refractivity contribution is 6.02. The highest BCUT2D eigenvalue weighted by atomic mass is 16.2. The number of fused-ring (bicyclic) bond motifs is 1. The maximum Gasteiger partial charge on any atom is 0.325 e. The van der Waals surface area contributed by atoms with Gasteiger partial charge in [0.25, 0.3) is 0 Å². The lowest BCUT2D eigenvalue weighted by molar-refractivity contribution is -0.136. The summed E-state index contributed by atoms with van der Waals surface area (Å²) in [6, 6.07) is -0.0159. The van der Waals surface area contributed by atoms with Gasteiger partial charge in [0.05, 0.1) is 6.04 Å². The molecule has 0 aromatic heterocycles. The molecule has 5 saturated heterocycles. The van der Waals surface area contributed by atoms with Crippen LogP contribution in [0.4, 0.5) is 4.79 Å². The monoisotopic (exact) mass is 524 g/mol. The first-order valence-corrected chi connectivity index (χ1v) is 15.0. The number of piperidine rings is 4. The van der Waals surface area contributed by atoms with Crippen molar-refractivity contribution in [1.29, 1.82) is 0 Å². The SMILES string of the molecule is CN1C(=O)N(C2CCC(=O)NC2=O)C2=CC=C(C3CCN(C4CCN(CC5CCNCC5)CC4)CC3)CC21. The Morgan fingerprint density at radius 3 is 2.32 bits per heavy atom. The lowest BCUT2D eigenvalue weighted by Gasteiger charge is -2.43. The molecule has 6 rings (SSSR count). The molecule has 0 radical (unpaired) electrons. The molecule has 2 unspecified atom stereocenters. The summed E-state index contributed by atoms with van der Waals surface area (Å²) in [5.74, 6) is 0.838. The predicted octanol–water partition coefficient (Wildman–Crippen LogP) is 1.92. The van der Waals surface area contributed by atoms with Gasteiger partial charge in [0.1, 0.15) is 6.04 Å². The Morgan fingerprint density at radius 1 is 0.868 bits per heavy atom. The molecule has 6 aliphatic rings. The number of likely N-dealkylation sites (tertiary alicyclic amines) is 2. The topological polar surface area (TPSA) is 88.2 Å². The van der Waals surface area contributed by atoms with E-state index in [4.69, 9.17) is 0 Å². The molecule has 2 atom stereocenters. The summed E-state index contributed by atoms with van der Waals surface area (Å²) >= 11 is 0. The largest absolute Gasteiger partial charge is 0.325 e. The van der Waals surface area contributed by atoms with Crippen molar-refractivity contribution in [2.75, 3.05) is 52.9 Å². The van der Waals surface area contributed by atoms with E-state index in [9.17, 15) is 14.4 Å². The van der Waals surface area contributed by atoms with Crippen molar-refractivity contribution in [3.63, 3.8) is 0 Å². The first-order valence-electron chi connectivity index (χ1n) is 15.0. The fourth-order valence-electron chi connectivity index (χ4n) is 7.77. The lowest BCUT2D eigenvalue weighted by Crippen LogP contribution is -2.52. The van der Waals surface area contributed by atoms with E-state index >= 15 is 0 Å². The Balaban J connectivity index is 1.02. The van der Waals surface area contributed by atoms with E-state index < -0.39 is 6.04 Å². The number of likely N-dealkylation sites (N-methyl/N-ethyl adjacent to an activating group) is 1. The van der Waals surface area contributed by atoms with Gasteiger partial charge in [-0.1, -0.05) is 11.6 Å². The number of imide groups is 1. The number of carbonyl (C=O) groups is 3. The van der Waals surface area contributed by atoms with Crippen molar-refractivity contribution in [3.8, 4) is 0 Å². The molecular weight excluding hydrogens is 480 g/mol. The number of hydrogen-bond acceptors (Lipinski definition) is 6. The van der Waals surface area contributed by atoms with Gasteiger partial charge in [-0.25, -0.2) is 4.79 Å². The first-order chi connectivity index (χ1) is 18.5. The molecule has 9 heteroatoms. The second-order valence-corrected chi connectivity index (χ2v) is 12.3. The van der Waals surface area contributed by atoms with E-state index in [0.717, 1.165) is 24.1 Å². The van der Waals surface area contributed by atoms with Crippen LogP contribution >= 0.6 is 0 Å². The number of nitrogens with one attached hydrogen (secondary N) is 2. The van der Waals surface area contributed by atoms with Crippen molar-refractivity contribution < 1.29 is 14.4 Å². The molecule has 208 valence electrons. The van der Waals surface area contributed by atoms with E-state index in [1.165, 1.54) is 89.9 Å². The molecule has 0 aromatic carbocycles. The minimum atomic E-state index is -0.594. The van der Waals surface area contributed by atoms with Gasteiger partial charge in [-0.05, 0) is 109 Å². The van der Waals surface area contributed by atoms with E-state index in [1.807, 2.05) is 7.05 Å². The van der Waals surface area contributed by atoms with Gasteiger partial charge < -0.3 is 20.0 Å². The predicted molar refractivity (Wildman–Crippen MR) is 145 cm³/mol. The van der Waals surface area contributed by atoms with Crippen LogP contribution < -0.4 is 10.6 Å². The third-order valence-corrected chi connectivity index (χ3v) is 10.1. The maximum atomic E-state index is 13.1. The molecular formula is C29H44N6O3. The number of urea groups is 1. The zero-order valence-corrected chi connectivity index (χ0v) is 22.9. The van der Waals surface area contributed by atoms with Crippen LogP contribution in [0.25, 0.3) is 0 Å². The second kappa shape index (κ2) is 11.1. The highest BCUT2D eigenvalue weighted by Gasteiger charge is 2.47. The van der Waals surface area contributed by atoms with Crippen molar-refractivity contribution >= 4 is 17.8 Å². The average Bonchev–Trinajstić information content (AvgIpc) is 3.19. The number of rotatable bonds is 5. The van der Waals surface area contributed by atoms with Gasteiger partial charge in [-0.15, -0.1) is 0 Å². The molecule has 1 aliphatic carbocycles. The number of hydrogen-bond donors (Lipinski definition) is 2. The van der Waals surface area contributed by atoms with Crippen LogP contribution in [-0.4, -0.2) is 108 Å². The van der Waals surface area contributed by atoms with E-state index in [-0.39, 0.29) is 30.3 Å². The summed E-state index contributed by atoms with van der Waals surface area (Å²) in [6.07, 6.45) is 13.4. The third-order valence-electron chi connectivity index (χ3n) is 10.1. The van der Waals surface area contributed by atoms with E-state index in [0.29, 0.717) is 12.3 Å². The molecule has 2 N–H and O–H groups in total.